The van der Waals surface area contributed by atoms with E-state index in [0.717, 1.165) is 31.6 Å². The Morgan fingerprint density at radius 3 is 2.95 bits per heavy atom. The molecule has 0 aliphatic carbocycles. The van der Waals surface area contributed by atoms with Crippen molar-refractivity contribution >= 4 is 35.6 Å². The summed E-state index contributed by atoms with van der Waals surface area (Å²) < 4.78 is 5.69. The summed E-state index contributed by atoms with van der Waals surface area (Å²) in [6, 6.07) is 8.22. The molecule has 1 aliphatic rings. The van der Waals surface area contributed by atoms with Gasteiger partial charge in [-0.2, -0.15) is 0 Å². The number of nitrogens with zero attached hydrogens (tertiary/aromatic N) is 1. The minimum Gasteiger partial charge on any atom is -0.373 e. The molecule has 4 nitrogen and oxygen atoms in total. The number of hydrogen-bond donors (Lipinski definition) is 2. The largest absolute Gasteiger partial charge is 0.373 e. The Labute approximate surface area is 138 Å². The molecule has 0 bridgehead atoms. The van der Waals surface area contributed by atoms with Crippen molar-refractivity contribution in [3.63, 3.8) is 0 Å². The Kier molecular flexibility index (Phi) is 6.75. The Bertz CT molecular complexity index is 456. The number of nitrogens with one attached hydrogen (secondary N) is 1. The Balaban J connectivity index is 0.00000200. The first-order chi connectivity index (χ1) is 9.11. The minimum atomic E-state index is -0.141. The topological polar surface area (TPSA) is 59.6 Å². The molecule has 1 heterocycles. The molecule has 112 valence electrons. The van der Waals surface area contributed by atoms with Gasteiger partial charge in [-0.05, 0) is 43.9 Å². The maximum absolute atomic E-state index is 5.92. The van der Waals surface area contributed by atoms with Crippen LogP contribution in [0.2, 0.25) is 0 Å². The van der Waals surface area contributed by atoms with Gasteiger partial charge in [0, 0.05) is 12.3 Å². The molecule has 2 rings (SSSR count). The van der Waals surface area contributed by atoms with Crippen LogP contribution in [0.15, 0.2) is 29.3 Å². The third-order valence-electron chi connectivity index (χ3n) is 3.49. The average Bonchev–Trinajstić information content (AvgIpc) is 2.84. The van der Waals surface area contributed by atoms with Gasteiger partial charge in [0.2, 0.25) is 0 Å². The predicted molar refractivity (Wildman–Crippen MR) is 94.9 cm³/mol. The first kappa shape index (κ1) is 17.2. The lowest BCUT2D eigenvalue weighted by Gasteiger charge is -2.20. The summed E-state index contributed by atoms with van der Waals surface area (Å²) in [5.74, 6) is 0.449. The van der Waals surface area contributed by atoms with Crippen LogP contribution in [0, 0.1) is 0 Å². The molecule has 5 heteroatoms. The number of nitrogens with two attached hydrogens (primary N) is 1. The molecule has 0 spiro atoms. The lowest BCUT2D eigenvalue weighted by molar-refractivity contribution is 0.0284. The molecule has 1 aromatic carbocycles. The van der Waals surface area contributed by atoms with Crippen molar-refractivity contribution < 1.29 is 4.74 Å². The van der Waals surface area contributed by atoms with E-state index in [1.165, 1.54) is 5.56 Å². The molecular formula is C15H24IN3O. The number of guanidine groups is 1. The fourth-order valence-electron chi connectivity index (χ4n) is 2.27. The summed E-state index contributed by atoms with van der Waals surface area (Å²) in [6.07, 6.45) is 3.17. The van der Waals surface area contributed by atoms with Crippen molar-refractivity contribution in [1.82, 2.24) is 0 Å². The number of aliphatic imine (C=N–C) groups is 1. The fourth-order valence-corrected chi connectivity index (χ4v) is 2.27. The van der Waals surface area contributed by atoms with Crippen molar-refractivity contribution in [2.24, 2.45) is 10.7 Å². The van der Waals surface area contributed by atoms with Crippen LogP contribution >= 0.6 is 24.0 Å². The molecule has 0 aromatic heterocycles. The molecular weight excluding hydrogens is 365 g/mol. The summed E-state index contributed by atoms with van der Waals surface area (Å²) in [4.78, 5) is 4.39. The SMILES string of the molecule is CCc1cccc(NC(N)=NCC2(C)CCCO2)c1.I. The molecule has 1 saturated heterocycles. The van der Waals surface area contributed by atoms with Crippen molar-refractivity contribution in [3.05, 3.63) is 29.8 Å². The van der Waals surface area contributed by atoms with Crippen molar-refractivity contribution in [2.75, 3.05) is 18.5 Å². The smallest absolute Gasteiger partial charge is 0.193 e. The van der Waals surface area contributed by atoms with Crippen LogP contribution in [0.3, 0.4) is 0 Å². The zero-order valence-corrected chi connectivity index (χ0v) is 14.5. The molecule has 1 unspecified atom stereocenters. The van der Waals surface area contributed by atoms with Gasteiger partial charge in [-0.15, -0.1) is 24.0 Å². The second kappa shape index (κ2) is 7.83. The fraction of sp³-hybridized carbons (Fsp3) is 0.533. The molecule has 3 N–H and O–H groups in total. The average molecular weight is 389 g/mol. The van der Waals surface area contributed by atoms with Crippen LogP contribution < -0.4 is 11.1 Å². The van der Waals surface area contributed by atoms with E-state index in [0.29, 0.717) is 12.5 Å². The van der Waals surface area contributed by atoms with Gasteiger partial charge < -0.3 is 15.8 Å². The highest BCUT2D eigenvalue weighted by molar-refractivity contribution is 14.0. The maximum Gasteiger partial charge on any atom is 0.193 e. The summed E-state index contributed by atoms with van der Waals surface area (Å²) in [7, 11) is 0. The van der Waals surface area contributed by atoms with Gasteiger partial charge in [0.25, 0.3) is 0 Å². The van der Waals surface area contributed by atoms with E-state index in [-0.39, 0.29) is 29.6 Å². The highest BCUT2D eigenvalue weighted by Crippen LogP contribution is 2.25. The number of ether oxygens (including phenoxy) is 1. The Morgan fingerprint density at radius 1 is 1.50 bits per heavy atom. The number of benzene rings is 1. The zero-order chi connectivity index (χ0) is 13.7. The highest BCUT2D eigenvalue weighted by Gasteiger charge is 2.29. The van der Waals surface area contributed by atoms with Gasteiger partial charge >= 0.3 is 0 Å². The third-order valence-corrected chi connectivity index (χ3v) is 3.49. The number of halogens is 1. The van der Waals surface area contributed by atoms with Crippen LogP contribution in [-0.4, -0.2) is 24.7 Å². The van der Waals surface area contributed by atoms with Gasteiger partial charge in [-0.1, -0.05) is 19.1 Å². The van der Waals surface area contributed by atoms with Crippen LogP contribution in [0.25, 0.3) is 0 Å². The van der Waals surface area contributed by atoms with E-state index in [4.69, 9.17) is 10.5 Å². The minimum absolute atomic E-state index is 0. The van der Waals surface area contributed by atoms with Crippen LogP contribution in [0.1, 0.15) is 32.3 Å². The van der Waals surface area contributed by atoms with Crippen LogP contribution in [-0.2, 0) is 11.2 Å². The van der Waals surface area contributed by atoms with E-state index < -0.39 is 0 Å². The first-order valence-electron chi connectivity index (χ1n) is 6.91. The van der Waals surface area contributed by atoms with Crippen LogP contribution in [0.4, 0.5) is 5.69 Å². The summed E-state index contributed by atoms with van der Waals surface area (Å²) in [6.45, 7) is 5.67. The van der Waals surface area contributed by atoms with Gasteiger partial charge in [-0.3, -0.25) is 4.99 Å². The number of hydrogen-bond acceptors (Lipinski definition) is 2. The van der Waals surface area contributed by atoms with E-state index in [1.807, 2.05) is 12.1 Å². The van der Waals surface area contributed by atoms with Gasteiger partial charge in [0.15, 0.2) is 5.96 Å². The molecule has 1 atom stereocenters. The lowest BCUT2D eigenvalue weighted by atomic mass is 10.0. The van der Waals surface area contributed by atoms with Crippen LogP contribution in [0.5, 0.6) is 0 Å². The Hall–Kier alpha value is -0.820. The standard InChI is InChI=1S/C15H23N3O.HI/c1-3-12-6-4-7-13(10-12)18-14(16)17-11-15(2)8-5-9-19-15;/h4,6-7,10H,3,5,8-9,11H2,1-2H3,(H3,16,17,18);1H. The molecule has 1 aromatic rings. The third kappa shape index (κ3) is 4.94. The first-order valence-corrected chi connectivity index (χ1v) is 6.91. The van der Waals surface area contributed by atoms with Gasteiger partial charge in [-0.25, -0.2) is 0 Å². The van der Waals surface area contributed by atoms with Crippen molar-refractivity contribution in [3.8, 4) is 0 Å². The second-order valence-corrected chi connectivity index (χ2v) is 5.28. The number of aryl methyl sites for hydroxylation is 1. The zero-order valence-electron chi connectivity index (χ0n) is 12.2. The second-order valence-electron chi connectivity index (χ2n) is 5.28. The monoisotopic (exact) mass is 389 g/mol. The molecule has 1 fully saturated rings. The van der Waals surface area contributed by atoms with E-state index >= 15 is 0 Å². The number of rotatable bonds is 4. The van der Waals surface area contributed by atoms with E-state index in [1.54, 1.807) is 0 Å². The quantitative estimate of drug-likeness (QED) is 0.473. The predicted octanol–water partition coefficient (Wildman–Crippen LogP) is 3.16. The highest BCUT2D eigenvalue weighted by atomic mass is 127. The maximum atomic E-state index is 5.92. The molecule has 0 saturated carbocycles. The van der Waals surface area contributed by atoms with Gasteiger partial charge in [0.1, 0.15) is 0 Å². The Morgan fingerprint density at radius 2 is 2.30 bits per heavy atom. The van der Waals surface area contributed by atoms with Gasteiger partial charge in [0.05, 0.1) is 12.1 Å². The lowest BCUT2D eigenvalue weighted by Crippen LogP contribution is -2.30. The number of anilines is 1. The molecule has 0 radical (unpaired) electrons. The molecule has 20 heavy (non-hydrogen) atoms. The normalized spacial score (nSPS) is 22.4. The van der Waals surface area contributed by atoms with E-state index in [9.17, 15) is 0 Å². The summed E-state index contributed by atoms with van der Waals surface area (Å²) in [5.41, 5.74) is 8.04. The van der Waals surface area contributed by atoms with E-state index in [2.05, 4.69) is 36.3 Å². The molecule has 0 amide bonds. The summed E-state index contributed by atoms with van der Waals surface area (Å²) in [5, 5.41) is 3.13. The molecule has 1 aliphatic heterocycles. The van der Waals surface area contributed by atoms with Crippen molar-refractivity contribution in [2.45, 2.75) is 38.7 Å². The van der Waals surface area contributed by atoms with Crippen molar-refractivity contribution in [1.29, 1.82) is 0 Å². The summed E-state index contributed by atoms with van der Waals surface area (Å²) >= 11 is 0.